The van der Waals surface area contributed by atoms with Crippen LogP contribution in [0, 0.1) is 6.92 Å². The van der Waals surface area contributed by atoms with Crippen molar-refractivity contribution in [3.8, 4) is 5.75 Å². The van der Waals surface area contributed by atoms with E-state index in [2.05, 4.69) is 5.32 Å². The van der Waals surface area contributed by atoms with Gasteiger partial charge < -0.3 is 10.1 Å². The highest BCUT2D eigenvalue weighted by Crippen LogP contribution is 2.30. The van der Waals surface area contributed by atoms with Crippen molar-refractivity contribution in [1.82, 2.24) is 5.32 Å². The Labute approximate surface area is 131 Å². The van der Waals surface area contributed by atoms with Crippen molar-refractivity contribution in [3.63, 3.8) is 0 Å². The first-order valence-corrected chi connectivity index (χ1v) is 7.56. The Bertz CT molecular complexity index is 613. The van der Waals surface area contributed by atoms with Gasteiger partial charge in [-0.15, -0.1) is 11.3 Å². The number of hydrogen-bond donors (Lipinski definition) is 1. The molecule has 1 N–H and O–H groups in total. The molecule has 1 amide bonds. The molecule has 0 saturated heterocycles. The summed E-state index contributed by atoms with van der Waals surface area (Å²) in [6, 6.07) is 9.31. The number of carbonyl (C=O) groups excluding carboxylic acids is 1. The lowest BCUT2D eigenvalue weighted by Crippen LogP contribution is -2.27. The number of carbonyl (C=O) groups is 1. The van der Waals surface area contributed by atoms with Gasteiger partial charge in [0.25, 0.3) is 5.91 Å². The average Bonchev–Trinajstić information content (AvgIpc) is 2.74. The number of hydrogen-bond acceptors (Lipinski definition) is 3. The summed E-state index contributed by atoms with van der Waals surface area (Å²) in [5.41, 5.74) is 1.53. The summed E-state index contributed by atoms with van der Waals surface area (Å²) in [6.07, 6.45) is 0. The van der Waals surface area contributed by atoms with Crippen LogP contribution in [0.2, 0.25) is 8.67 Å². The third-order valence-corrected chi connectivity index (χ3v) is 4.03. The molecule has 1 aromatic heterocycles. The van der Waals surface area contributed by atoms with Gasteiger partial charge in [-0.3, -0.25) is 4.79 Å². The molecule has 0 radical (unpaired) electrons. The van der Waals surface area contributed by atoms with E-state index in [9.17, 15) is 4.79 Å². The highest BCUT2D eigenvalue weighted by atomic mass is 35.5. The smallest absolute Gasteiger partial charge is 0.253 e. The molecule has 0 aliphatic heterocycles. The maximum absolute atomic E-state index is 11.8. The molecule has 0 aliphatic carbocycles. The molecular weight excluding hydrogens is 317 g/mol. The van der Waals surface area contributed by atoms with Gasteiger partial charge in [0.1, 0.15) is 16.7 Å². The lowest BCUT2D eigenvalue weighted by molar-refractivity contribution is 0.0947. The lowest BCUT2D eigenvalue weighted by Gasteiger charge is -2.08. The first-order chi connectivity index (χ1) is 9.56. The lowest BCUT2D eigenvalue weighted by atomic mass is 10.2. The summed E-state index contributed by atoms with van der Waals surface area (Å²) in [5, 5.41) is 2.74. The second-order valence-electron chi connectivity index (χ2n) is 4.16. The van der Waals surface area contributed by atoms with Gasteiger partial charge in [-0.2, -0.15) is 0 Å². The second kappa shape index (κ2) is 6.97. The maximum Gasteiger partial charge on any atom is 0.253 e. The van der Waals surface area contributed by atoms with Crippen molar-refractivity contribution in [2.24, 2.45) is 0 Å². The molecule has 2 aromatic rings. The number of nitrogens with one attached hydrogen (secondary N) is 1. The largest absolute Gasteiger partial charge is 0.492 e. The third kappa shape index (κ3) is 4.13. The van der Waals surface area contributed by atoms with E-state index in [1.165, 1.54) is 11.3 Å². The Kier molecular flexibility index (Phi) is 5.29. The third-order valence-electron chi connectivity index (χ3n) is 2.55. The molecule has 6 heteroatoms. The van der Waals surface area contributed by atoms with Gasteiger partial charge in [-0.25, -0.2) is 0 Å². The summed E-state index contributed by atoms with van der Waals surface area (Å²) < 4.78 is 6.43. The van der Waals surface area contributed by atoms with Crippen LogP contribution < -0.4 is 10.1 Å². The molecule has 1 heterocycles. The zero-order valence-electron chi connectivity index (χ0n) is 10.8. The Morgan fingerprint density at radius 2 is 2.15 bits per heavy atom. The molecule has 1 aromatic carbocycles. The van der Waals surface area contributed by atoms with Crippen molar-refractivity contribution >= 4 is 40.4 Å². The van der Waals surface area contributed by atoms with E-state index in [0.29, 0.717) is 27.4 Å². The number of aryl methyl sites for hydroxylation is 1. The van der Waals surface area contributed by atoms with Crippen molar-refractivity contribution in [1.29, 1.82) is 0 Å². The summed E-state index contributed by atoms with van der Waals surface area (Å²) in [4.78, 5) is 11.8. The molecule has 0 saturated carbocycles. The molecule has 2 rings (SSSR count). The highest BCUT2D eigenvalue weighted by Gasteiger charge is 2.13. The van der Waals surface area contributed by atoms with Gasteiger partial charge in [0.15, 0.2) is 0 Å². The Hall–Kier alpha value is -1.23. The monoisotopic (exact) mass is 329 g/mol. The van der Waals surface area contributed by atoms with Gasteiger partial charge in [-0.05, 0) is 30.7 Å². The Balaban J connectivity index is 1.79. The minimum absolute atomic E-state index is 0.244. The predicted molar refractivity (Wildman–Crippen MR) is 83.3 cm³/mol. The fourth-order valence-corrected chi connectivity index (χ4v) is 3.09. The number of halogens is 2. The van der Waals surface area contributed by atoms with E-state index in [0.717, 1.165) is 11.3 Å². The number of benzene rings is 1. The minimum atomic E-state index is -0.244. The molecule has 20 heavy (non-hydrogen) atoms. The van der Waals surface area contributed by atoms with E-state index >= 15 is 0 Å². The zero-order valence-corrected chi connectivity index (χ0v) is 13.1. The van der Waals surface area contributed by atoms with Gasteiger partial charge in [-0.1, -0.05) is 35.3 Å². The molecule has 0 spiro atoms. The standard InChI is InChI=1S/C14H13Cl2NO2S/c1-9-3-2-4-10(7-9)19-6-5-17-14(18)11-8-12(15)20-13(11)16/h2-4,7-8H,5-6H2,1H3,(H,17,18). The Morgan fingerprint density at radius 3 is 2.80 bits per heavy atom. The zero-order chi connectivity index (χ0) is 14.5. The average molecular weight is 330 g/mol. The van der Waals surface area contributed by atoms with Crippen molar-refractivity contribution in [2.75, 3.05) is 13.2 Å². The normalized spacial score (nSPS) is 10.3. The number of ether oxygens (including phenoxy) is 1. The number of amides is 1. The van der Waals surface area contributed by atoms with Gasteiger partial charge >= 0.3 is 0 Å². The molecule has 0 bridgehead atoms. The van der Waals surface area contributed by atoms with E-state index in [1.54, 1.807) is 6.07 Å². The van der Waals surface area contributed by atoms with E-state index < -0.39 is 0 Å². The van der Waals surface area contributed by atoms with Gasteiger partial charge in [0.05, 0.1) is 16.4 Å². The number of rotatable bonds is 5. The summed E-state index contributed by atoms with van der Waals surface area (Å²) in [7, 11) is 0. The quantitative estimate of drug-likeness (QED) is 0.836. The predicted octanol–water partition coefficient (Wildman–Crippen LogP) is 4.17. The van der Waals surface area contributed by atoms with Crippen LogP contribution in [0.3, 0.4) is 0 Å². The van der Waals surface area contributed by atoms with Crippen LogP contribution in [-0.2, 0) is 0 Å². The first-order valence-electron chi connectivity index (χ1n) is 5.99. The second-order valence-corrected chi connectivity index (χ2v) is 6.44. The van der Waals surface area contributed by atoms with E-state index in [1.807, 2.05) is 31.2 Å². The van der Waals surface area contributed by atoms with Crippen molar-refractivity contribution in [2.45, 2.75) is 6.92 Å². The van der Waals surface area contributed by atoms with E-state index in [-0.39, 0.29) is 5.91 Å². The van der Waals surface area contributed by atoms with Gasteiger partial charge in [0.2, 0.25) is 0 Å². The SMILES string of the molecule is Cc1cccc(OCCNC(=O)c2cc(Cl)sc2Cl)c1. The molecule has 0 unspecified atom stereocenters. The molecular formula is C14H13Cl2NO2S. The molecule has 0 atom stereocenters. The summed E-state index contributed by atoms with van der Waals surface area (Å²) in [6.45, 7) is 2.79. The minimum Gasteiger partial charge on any atom is -0.492 e. The van der Waals surface area contributed by atoms with Crippen LogP contribution in [0.4, 0.5) is 0 Å². The molecule has 3 nitrogen and oxygen atoms in total. The fourth-order valence-electron chi connectivity index (χ4n) is 1.63. The van der Waals surface area contributed by atoms with E-state index in [4.69, 9.17) is 27.9 Å². The Morgan fingerprint density at radius 1 is 1.35 bits per heavy atom. The van der Waals surface area contributed by atoms with Crippen LogP contribution in [0.1, 0.15) is 15.9 Å². The fraction of sp³-hybridized carbons (Fsp3) is 0.214. The summed E-state index contributed by atoms with van der Waals surface area (Å²) in [5.74, 6) is 0.543. The number of thiophene rings is 1. The summed E-state index contributed by atoms with van der Waals surface area (Å²) >= 11 is 12.9. The van der Waals surface area contributed by atoms with Crippen molar-refractivity contribution in [3.05, 3.63) is 50.1 Å². The molecule has 0 fully saturated rings. The highest BCUT2D eigenvalue weighted by molar-refractivity contribution is 7.20. The van der Waals surface area contributed by atoms with Crippen LogP contribution in [-0.4, -0.2) is 19.1 Å². The molecule has 0 aliphatic rings. The van der Waals surface area contributed by atoms with Crippen LogP contribution in [0.25, 0.3) is 0 Å². The molecule has 106 valence electrons. The van der Waals surface area contributed by atoms with Crippen LogP contribution in [0.5, 0.6) is 5.75 Å². The van der Waals surface area contributed by atoms with Gasteiger partial charge in [0, 0.05) is 0 Å². The van der Waals surface area contributed by atoms with Crippen LogP contribution >= 0.6 is 34.5 Å². The first kappa shape index (κ1) is 15.2. The topological polar surface area (TPSA) is 38.3 Å². The maximum atomic E-state index is 11.8. The van der Waals surface area contributed by atoms with Crippen molar-refractivity contribution < 1.29 is 9.53 Å². The van der Waals surface area contributed by atoms with Crippen LogP contribution in [0.15, 0.2) is 30.3 Å².